The van der Waals surface area contributed by atoms with Crippen LogP contribution >= 0.6 is 0 Å². The monoisotopic (exact) mass is 195 g/mol. The summed E-state index contributed by atoms with van der Waals surface area (Å²) >= 11 is 0. The van der Waals surface area contributed by atoms with Gasteiger partial charge in [-0.15, -0.1) is 0 Å². The quantitative estimate of drug-likeness (QED) is 0.190. The molecule has 0 radical (unpaired) electrons. The SMILES string of the molecule is Nc1cc(N)c2c(c1)n(O)c(N)[n+]2[O-]. The molecule has 0 saturated carbocycles. The Morgan fingerprint density at radius 3 is 2.57 bits per heavy atom. The van der Waals surface area contributed by atoms with Crippen LogP contribution in [0.1, 0.15) is 0 Å². The zero-order valence-electron chi connectivity index (χ0n) is 7.14. The van der Waals surface area contributed by atoms with E-state index in [1.807, 2.05) is 0 Å². The van der Waals surface area contributed by atoms with Gasteiger partial charge in [-0.3, -0.25) is 5.73 Å². The highest BCUT2D eigenvalue weighted by Crippen LogP contribution is 2.23. The number of nitrogen functional groups attached to an aromatic ring is 3. The molecule has 0 aliphatic heterocycles. The molecule has 0 fully saturated rings. The fraction of sp³-hybridized carbons (Fsp3) is 0. The number of anilines is 3. The second kappa shape index (κ2) is 2.34. The maximum absolute atomic E-state index is 11.4. The molecule has 1 aromatic heterocycles. The molecule has 14 heavy (non-hydrogen) atoms. The van der Waals surface area contributed by atoms with Gasteiger partial charge in [0.05, 0.1) is 5.69 Å². The van der Waals surface area contributed by atoms with Crippen molar-refractivity contribution in [1.82, 2.24) is 4.73 Å². The number of nitrogens with two attached hydrogens (primary N) is 3. The zero-order valence-corrected chi connectivity index (χ0v) is 7.14. The Balaban J connectivity index is 3.02. The van der Waals surface area contributed by atoms with E-state index in [0.29, 0.717) is 15.1 Å². The highest BCUT2D eigenvalue weighted by molar-refractivity contribution is 5.88. The minimum Gasteiger partial charge on any atom is -0.740 e. The summed E-state index contributed by atoms with van der Waals surface area (Å²) in [6, 6.07) is 2.84. The van der Waals surface area contributed by atoms with Crippen molar-refractivity contribution in [1.29, 1.82) is 0 Å². The van der Waals surface area contributed by atoms with E-state index in [0.717, 1.165) is 0 Å². The maximum Gasteiger partial charge on any atom is 0.393 e. The molecule has 2 rings (SSSR count). The number of hydrogen-bond acceptors (Lipinski definition) is 5. The molecule has 7 N–H and O–H groups in total. The van der Waals surface area contributed by atoms with Crippen molar-refractivity contribution in [2.24, 2.45) is 0 Å². The minimum absolute atomic E-state index is 0.110. The summed E-state index contributed by atoms with van der Waals surface area (Å²) in [6.45, 7) is 0. The molecule has 0 spiro atoms. The average molecular weight is 195 g/mol. The Hall–Kier alpha value is -2.31. The lowest BCUT2D eigenvalue weighted by atomic mass is 10.2. The van der Waals surface area contributed by atoms with Crippen molar-refractivity contribution in [3.05, 3.63) is 17.3 Å². The molecule has 0 saturated heterocycles. The van der Waals surface area contributed by atoms with Gasteiger partial charge < -0.3 is 21.9 Å². The molecular formula is C7H9N5O2. The largest absolute Gasteiger partial charge is 0.740 e. The topological polar surface area (TPSA) is 130 Å². The van der Waals surface area contributed by atoms with Crippen molar-refractivity contribution in [3.63, 3.8) is 0 Å². The molecule has 1 heterocycles. The molecule has 2 aromatic rings. The first kappa shape index (κ1) is 8.30. The molecule has 0 aliphatic carbocycles. The van der Waals surface area contributed by atoms with E-state index < -0.39 is 0 Å². The van der Waals surface area contributed by atoms with Crippen LogP contribution in [-0.4, -0.2) is 9.94 Å². The van der Waals surface area contributed by atoms with Crippen molar-refractivity contribution in [2.75, 3.05) is 17.2 Å². The molecule has 1 aromatic carbocycles. The summed E-state index contributed by atoms with van der Waals surface area (Å²) in [5.74, 6) is -0.350. The van der Waals surface area contributed by atoms with Crippen LogP contribution in [0.3, 0.4) is 0 Å². The Morgan fingerprint density at radius 2 is 1.93 bits per heavy atom. The van der Waals surface area contributed by atoms with Crippen LogP contribution in [0.15, 0.2) is 12.1 Å². The molecule has 74 valence electrons. The third kappa shape index (κ3) is 0.830. The normalized spacial score (nSPS) is 10.9. The van der Waals surface area contributed by atoms with E-state index in [2.05, 4.69) is 0 Å². The summed E-state index contributed by atoms with van der Waals surface area (Å²) in [6.07, 6.45) is 0. The Labute approximate surface area is 78.5 Å². The van der Waals surface area contributed by atoms with E-state index in [1.165, 1.54) is 12.1 Å². The Kier molecular flexibility index (Phi) is 1.39. The number of benzene rings is 1. The van der Waals surface area contributed by atoms with E-state index in [-0.39, 0.29) is 22.7 Å². The number of imidazole rings is 1. The van der Waals surface area contributed by atoms with E-state index in [1.54, 1.807) is 0 Å². The molecule has 7 heteroatoms. The summed E-state index contributed by atoms with van der Waals surface area (Å²) in [5.41, 5.74) is 17.2. The lowest BCUT2D eigenvalue weighted by Gasteiger charge is -2.02. The van der Waals surface area contributed by atoms with Gasteiger partial charge in [-0.1, -0.05) is 4.73 Å². The second-order valence-electron chi connectivity index (χ2n) is 2.94. The summed E-state index contributed by atoms with van der Waals surface area (Å²) in [4.78, 5) is 0. The van der Waals surface area contributed by atoms with Crippen molar-refractivity contribution in [3.8, 4) is 0 Å². The summed E-state index contributed by atoms with van der Waals surface area (Å²) in [5, 5.41) is 20.8. The molecule has 0 unspecified atom stereocenters. The number of nitrogens with zero attached hydrogens (tertiary/aromatic N) is 2. The van der Waals surface area contributed by atoms with Gasteiger partial charge in [-0.25, -0.2) is 4.73 Å². The number of rotatable bonds is 0. The molecule has 0 amide bonds. The predicted octanol–water partition coefficient (Wildman–Crippen LogP) is -0.741. The fourth-order valence-corrected chi connectivity index (χ4v) is 1.37. The first-order valence-corrected chi connectivity index (χ1v) is 3.80. The first-order valence-electron chi connectivity index (χ1n) is 3.80. The first-order chi connectivity index (χ1) is 6.52. The summed E-state index contributed by atoms with van der Waals surface area (Å²) < 4.78 is 0.902. The van der Waals surface area contributed by atoms with Gasteiger partial charge in [-0.2, -0.15) is 0 Å². The summed E-state index contributed by atoms with van der Waals surface area (Å²) in [7, 11) is 0. The lowest BCUT2D eigenvalue weighted by molar-refractivity contribution is -0.562. The lowest BCUT2D eigenvalue weighted by Crippen LogP contribution is -2.30. The third-order valence-electron chi connectivity index (χ3n) is 2.00. The van der Waals surface area contributed by atoms with Crippen LogP contribution in [0.5, 0.6) is 0 Å². The number of hydrogen-bond donors (Lipinski definition) is 4. The van der Waals surface area contributed by atoms with Crippen LogP contribution in [0.4, 0.5) is 17.3 Å². The third-order valence-corrected chi connectivity index (χ3v) is 2.00. The Morgan fingerprint density at radius 1 is 1.29 bits per heavy atom. The molecule has 0 bridgehead atoms. The average Bonchev–Trinajstić information content (AvgIpc) is 2.31. The van der Waals surface area contributed by atoms with Gasteiger partial charge in [0.1, 0.15) is 0 Å². The van der Waals surface area contributed by atoms with Crippen LogP contribution < -0.4 is 21.9 Å². The van der Waals surface area contributed by atoms with Crippen LogP contribution in [0.2, 0.25) is 0 Å². The minimum atomic E-state index is -0.350. The standard InChI is InChI=1S/C7H9N5O2/c8-3-1-4(9)6-5(2-3)11(13)7(10)12(6)14/h1-2,13H,8-10H2. The van der Waals surface area contributed by atoms with Gasteiger partial charge in [0.15, 0.2) is 11.0 Å². The van der Waals surface area contributed by atoms with Gasteiger partial charge in [-0.05, 0) is 6.07 Å². The smallest absolute Gasteiger partial charge is 0.393 e. The Bertz CT molecular complexity index is 519. The van der Waals surface area contributed by atoms with E-state index in [9.17, 15) is 10.4 Å². The molecular weight excluding hydrogens is 186 g/mol. The zero-order chi connectivity index (χ0) is 10.5. The van der Waals surface area contributed by atoms with Gasteiger partial charge in [0.25, 0.3) is 0 Å². The van der Waals surface area contributed by atoms with Gasteiger partial charge >= 0.3 is 5.95 Å². The number of fused-ring (bicyclic) bond motifs is 1. The van der Waals surface area contributed by atoms with Crippen molar-refractivity contribution >= 4 is 28.4 Å². The fourth-order valence-electron chi connectivity index (χ4n) is 1.37. The van der Waals surface area contributed by atoms with Gasteiger partial charge in [0, 0.05) is 11.8 Å². The molecule has 0 atom stereocenters. The maximum atomic E-state index is 11.4. The number of aromatic nitrogens is 2. The van der Waals surface area contributed by atoms with Crippen molar-refractivity contribution < 1.29 is 9.94 Å². The second-order valence-corrected chi connectivity index (χ2v) is 2.94. The van der Waals surface area contributed by atoms with E-state index >= 15 is 0 Å². The predicted molar refractivity (Wildman–Crippen MR) is 51.3 cm³/mol. The molecule has 0 aliphatic rings. The van der Waals surface area contributed by atoms with Crippen LogP contribution in [0.25, 0.3) is 11.0 Å². The van der Waals surface area contributed by atoms with Crippen molar-refractivity contribution in [2.45, 2.75) is 0 Å². The highest BCUT2D eigenvalue weighted by atomic mass is 16.5. The van der Waals surface area contributed by atoms with E-state index in [4.69, 9.17) is 17.2 Å². The van der Waals surface area contributed by atoms with Crippen LogP contribution in [0, 0.1) is 5.21 Å². The highest BCUT2D eigenvalue weighted by Gasteiger charge is 2.18. The van der Waals surface area contributed by atoms with Gasteiger partial charge in [0.2, 0.25) is 0 Å². The molecule has 7 nitrogen and oxygen atoms in total. The van der Waals surface area contributed by atoms with Crippen LogP contribution in [-0.2, 0) is 0 Å².